The van der Waals surface area contributed by atoms with Crippen LogP contribution < -0.4 is 10.6 Å². The standard InChI is InChI=1S/C16H12ClF3N2O3S/c17-9-5-3-8(4-6-9)12-11(13(23)10-2-1-7-26-10)15(25,16(18,19)20)22-14(24)21-12/h1-7,11-12,25H,(H2,21,22,24)/t11-,12+,15+/m0/s1. The maximum atomic E-state index is 13.6. The van der Waals surface area contributed by atoms with E-state index in [9.17, 15) is 27.9 Å². The van der Waals surface area contributed by atoms with Gasteiger partial charge in [0.05, 0.1) is 10.9 Å². The van der Waals surface area contributed by atoms with Crippen molar-refractivity contribution in [3.8, 4) is 0 Å². The van der Waals surface area contributed by atoms with Gasteiger partial charge in [-0.2, -0.15) is 13.2 Å². The quantitative estimate of drug-likeness (QED) is 0.685. The molecule has 0 aliphatic carbocycles. The molecule has 0 unspecified atom stereocenters. The number of halogens is 4. The molecule has 2 heterocycles. The van der Waals surface area contributed by atoms with Crippen molar-refractivity contribution in [2.75, 3.05) is 0 Å². The predicted molar refractivity (Wildman–Crippen MR) is 89.0 cm³/mol. The summed E-state index contributed by atoms with van der Waals surface area (Å²) in [5.74, 6) is -2.97. The first-order valence-electron chi connectivity index (χ1n) is 7.34. The van der Waals surface area contributed by atoms with Crippen LogP contribution in [-0.2, 0) is 0 Å². The molecule has 10 heteroatoms. The van der Waals surface area contributed by atoms with Crippen LogP contribution in [0, 0.1) is 5.92 Å². The number of carbonyl (C=O) groups excluding carboxylic acids is 2. The summed E-state index contributed by atoms with van der Waals surface area (Å²) < 4.78 is 40.9. The Labute approximate surface area is 154 Å². The van der Waals surface area contributed by atoms with Crippen molar-refractivity contribution >= 4 is 34.8 Å². The molecule has 3 atom stereocenters. The van der Waals surface area contributed by atoms with Gasteiger partial charge in [-0.05, 0) is 29.1 Å². The number of nitrogens with one attached hydrogen (secondary N) is 2. The summed E-state index contributed by atoms with van der Waals surface area (Å²) in [5.41, 5.74) is -3.51. The van der Waals surface area contributed by atoms with Crippen molar-refractivity contribution in [1.29, 1.82) is 0 Å². The van der Waals surface area contributed by atoms with E-state index in [1.54, 1.807) is 0 Å². The molecule has 2 aromatic rings. The van der Waals surface area contributed by atoms with Crippen LogP contribution in [0.5, 0.6) is 0 Å². The smallest absolute Gasteiger partial charge is 0.363 e. The summed E-state index contributed by atoms with van der Waals surface area (Å²) in [5, 5.41) is 16.0. The Bertz CT molecular complexity index is 826. The number of alkyl halides is 3. The Morgan fingerprint density at radius 1 is 1.23 bits per heavy atom. The largest absolute Gasteiger partial charge is 0.437 e. The summed E-state index contributed by atoms with van der Waals surface area (Å²) in [6.07, 6.45) is -5.27. The first-order valence-corrected chi connectivity index (χ1v) is 8.60. The molecule has 0 saturated carbocycles. The minimum atomic E-state index is -5.27. The Kier molecular flexibility index (Phi) is 4.72. The van der Waals surface area contributed by atoms with E-state index in [0.717, 1.165) is 11.3 Å². The molecule has 0 radical (unpaired) electrons. The fourth-order valence-corrected chi connectivity index (χ4v) is 3.69. The van der Waals surface area contributed by atoms with Gasteiger partial charge in [-0.25, -0.2) is 4.79 Å². The minimum absolute atomic E-state index is 0.0367. The van der Waals surface area contributed by atoms with E-state index in [1.165, 1.54) is 47.1 Å². The Hall–Kier alpha value is -2.10. The van der Waals surface area contributed by atoms with Crippen LogP contribution in [0.4, 0.5) is 18.0 Å². The number of hydrogen-bond acceptors (Lipinski definition) is 4. The van der Waals surface area contributed by atoms with Crippen LogP contribution in [-0.4, -0.2) is 28.8 Å². The molecule has 2 amide bonds. The lowest BCUT2D eigenvalue weighted by molar-refractivity contribution is -0.287. The second-order valence-corrected chi connectivity index (χ2v) is 7.10. The second-order valence-electron chi connectivity index (χ2n) is 5.71. The third kappa shape index (κ3) is 3.17. The third-order valence-corrected chi connectivity index (χ3v) is 5.22. The molecule has 1 saturated heterocycles. The molecule has 3 N–H and O–H groups in total. The lowest BCUT2D eigenvalue weighted by Crippen LogP contribution is -2.72. The molecule has 3 rings (SSSR count). The average molecular weight is 405 g/mol. The van der Waals surface area contributed by atoms with Gasteiger partial charge >= 0.3 is 12.2 Å². The predicted octanol–water partition coefficient (Wildman–Crippen LogP) is 3.51. The zero-order valence-electron chi connectivity index (χ0n) is 12.9. The monoisotopic (exact) mass is 404 g/mol. The van der Waals surface area contributed by atoms with E-state index in [2.05, 4.69) is 5.32 Å². The lowest BCUT2D eigenvalue weighted by Gasteiger charge is -2.44. The fourth-order valence-electron chi connectivity index (χ4n) is 2.86. The summed E-state index contributed by atoms with van der Waals surface area (Å²) in [6, 6.07) is 5.86. The van der Waals surface area contributed by atoms with Gasteiger partial charge in [0.1, 0.15) is 5.92 Å². The van der Waals surface area contributed by atoms with Crippen molar-refractivity contribution in [1.82, 2.24) is 10.6 Å². The van der Waals surface area contributed by atoms with Crippen LogP contribution in [0.1, 0.15) is 21.3 Å². The molecule has 0 spiro atoms. The average Bonchev–Trinajstić information content (AvgIpc) is 3.08. The maximum absolute atomic E-state index is 13.6. The van der Waals surface area contributed by atoms with E-state index in [4.69, 9.17) is 11.6 Å². The van der Waals surface area contributed by atoms with Crippen molar-refractivity contribution in [3.05, 3.63) is 57.2 Å². The maximum Gasteiger partial charge on any atom is 0.437 e. The van der Waals surface area contributed by atoms with Gasteiger partial charge in [-0.3, -0.25) is 4.79 Å². The zero-order valence-corrected chi connectivity index (χ0v) is 14.5. The summed E-state index contributed by atoms with van der Waals surface area (Å²) >= 11 is 6.74. The van der Waals surface area contributed by atoms with Gasteiger partial charge < -0.3 is 15.7 Å². The van der Waals surface area contributed by atoms with Crippen molar-refractivity contribution in [2.24, 2.45) is 5.92 Å². The molecule has 5 nitrogen and oxygen atoms in total. The number of carbonyl (C=O) groups is 2. The van der Waals surface area contributed by atoms with Crippen molar-refractivity contribution in [2.45, 2.75) is 17.9 Å². The van der Waals surface area contributed by atoms with E-state index in [1.807, 2.05) is 0 Å². The SMILES string of the molecule is O=C1N[C@H](c2ccc(Cl)cc2)[C@@H](C(=O)c2cccs2)[C@@](O)(C(F)(F)F)N1. The highest BCUT2D eigenvalue weighted by Crippen LogP contribution is 2.44. The molecule has 0 bridgehead atoms. The molecule has 138 valence electrons. The van der Waals surface area contributed by atoms with Gasteiger partial charge in [0, 0.05) is 5.02 Å². The first kappa shape index (κ1) is 18.7. The van der Waals surface area contributed by atoms with E-state index in [0.29, 0.717) is 5.02 Å². The van der Waals surface area contributed by atoms with E-state index in [-0.39, 0.29) is 10.4 Å². The van der Waals surface area contributed by atoms with Gasteiger partial charge in [0.2, 0.25) is 5.72 Å². The number of urea groups is 1. The third-order valence-electron chi connectivity index (χ3n) is 4.08. The first-order chi connectivity index (χ1) is 12.1. The molecular weight excluding hydrogens is 393 g/mol. The Balaban J connectivity index is 2.14. The summed E-state index contributed by atoms with van der Waals surface area (Å²) in [4.78, 5) is 24.7. The van der Waals surface area contributed by atoms with E-state index >= 15 is 0 Å². The molecule has 1 aliphatic rings. The fraction of sp³-hybridized carbons (Fsp3) is 0.250. The number of ketones is 1. The number of benzene rings is 1. The van der Waals surface area contributed by atoms with Gasteiger partial charge in [0.25, 0.3) is 0 Å². The van der Waals surface area contributed by atoms with Crippen LogP contribution in [0.25, 0.3) is 0 Å². The number of thiophene rings is 1. The molecule has 26 heavy (non-hydrogen) atoms. The number of amides is 2. The second kappa shape index (κ2) is 6.57. The number of aliphatic hydroxyl groups is 1. The zero-order chi connectivity index (χ0) is 19.1. The molecule has 1 aromatic carbocycles. The van der Waals surface area contributed by atoms with Crippen molar-refractivity contribution in [3.63, 3.8) is 0 Å². The molecular formula is C16H12ClF3N2O3S. The van der Waals surface area contributed by atoms with Crippen LogP contribution in [0.15, 0.2) is 41.8 Å². The highest BCUT2D eigenvalue weighted by atomic mass is 35.5. The summed E-state index contributed by atoms with van der Waals surface area (Å²) in [7, 11) is 0. The molecule has 1 fully saturated rings. The van der Waals surface area contributed by atoms with Gasteiger partial charge in [-0.1, -0.05) is 29.8 Å². The lowest BCUT2D eigenvalue weighted by atomic mass is 9.78. The van der Waals surface area contributed by atoms with Crippen LogP contribution in [0.2, 0.25) is 5.02 Å². The Morgan fingerprint density at radius 3 is 2.42 bits per heavy atom. The normalized spacial score (nSPS) is 26.1. The highest BCUT2D eigenvalue weighted by molar-refractivity contribution is 7.12. The van der Waals surface area contributed by atoms with Crippen molar-refractivity contribution < 1.29 is 27.9 Å². The number of hydrogen-bond donors (Lipinski definition) is 3. The summed E-state index contributed by atoms with van der Waals surface area (Å²) in [6.45, 7) is 0. The van der Waals surface area contributed by atoms with Crippen LogP contribution >= 0.6 is 22.9 Å². The molecule has 1 aliphatic heterocycles. The Morgan fingerprint density at radius 2 is 1.88 bits per heavy atom. The number of Topliss-reactive ketones (excluding diaryl/α,β-unsaturated/α-hetero) is 1. The number of rotatable bonds is 3. The molecule has 1 aromatic heterocycles. The van der Waals surface area contributed by atoms with Gasteiger partial charge in [-0.15, -0.1) is 11.3 Å². The topological polar surface area (TPSA) is 78.4 Å². The van der Waals surface area contributed by atoms with E-state index < -0.39 is 35.7 Å². The van der Waals surface area contributed by atoms with Crippen LogP contribution in [0.3, 0.4) is 0 Å². The highest BCUT2D eigenvalue weighted by Gasteiger charge is 2.66. The minimum Gasteiger partial charge on any atom is -0.363 e. The van der Waals surface area contributed by atoms with Gasteiger partial charge in [0.15, 0.2) is 5.78 Å².